The summed E-state index contributed by atoms with van der Waals surface area (Å²) in [6.45, 7) is 6.61. The number of nitrogens with zero attached hydrogens (tertiary/aromatic N) is 4. The Labute approximate surface area is 252 Å². The van der Waals surface area contributed by atoms with E-state index in [1.165, 1.54) is 11.1 Å². The van der Waals surface area contributed by atoms with E-state index in [9.17, 15) is 4.79 Å². The van der Waals surface area contributed by atoms with Gasteiger partial charge in [0.1, 0.15) is 0 Å². The number of hydrogen-bond donors (Lipinski definition) is 1. The van der Waals surface area contributed by atoms with Gasteiger partial charge in [0.05, 0.1) is 0 Å². The van der Waals surface area contributed by atoms with Crippen LogP contribution in [0.2, 0.25) is 0 Å². The number of benzene rings is 3. The number of fused-ring (bicyclic) bond motifs is 1. The minimum atomic E-state index is -0.00866. The minimum absolute atomic E-state index is 0.00866. The van der Waals surface area contributed by atoms with Crippen molar-refractivity contribution in [1.82, 2.24) is 19.6 Å². The van der Waals surface area contributed by atoms with Crippen molar-refractivity contribution in [3.05, 3.63) is 101 Å². The van der Waals surface area contributed by atoms with Crippen LogP contribution in [-0.2, 0) is 0 Å². The van der Waals surface area contributed by atoms with E-state index in [1.807, 2.05) is 54.6 Å². The number of nitrogens with one attached hydrogen (secondary N) is 1. The molecule has 3 aromatic rings. The average molecular weight is 564 g/mol. The summed E-state index contributed by atoms with van der Waals surface area (Å²) in [5.41, 5.74) is 5.40. The highest BCUT2D eigenvalue weighted by Gasteiger charge is 2.51. The minimum Gasteiger partial charge on any atom is -0.323 e. The molecule has 0 bridgehead atoms. The van der Waals surface area contributed by atoms with Crippen molar-refractivity contribution in [2.45, 2.75) is 31.3 Å². The van der Waals surface area contributed by atoms with Crippen LogP contribution in [0.5, 0.6) is 0 Å². The van der Waals surface area contributed by atoms with E-state index in [1.54, 1.807) is 0 Å². The highest BCUT2D eigenvalue weighted by atomic mass is 16.2. The maximum Gasteiger partial charge on any atom is 0.321 e. The summed E-state index contributed by atoms with van der Waals surface area (Å²) >= 11 is 0. The van der Waals surface area contributed by atoms with Gasteiger partial charge in [-0.25, -0.2) is 4.79 Å². The molecule has 5 rings (SSSR count). The van der Waals surface area contributed by atoms with Gasteiger partial charge in [-0.15, -0.1) is 0 Å². The second-order valence-electron chi connectivity index (χ2n) is 12.5. The fourth-order valence-corrected chi connectivity index (χ4v) is 6.53. The number of hydrogen-bond acceptors (Lipinski definition) is 4. The third kappa shape index (κ3) is 7.41. The molecular weight excluding hydrogens is 518 g/mol. The number of carbonyl (C=O) groups excluding carboxylic acids is 1. The summed E-state index contributed by atoms with van der Waals surface area (Å²) in [4.78, 5) is 22.9. The Morgan fingerprint density at radius 1 is 0.833 bits per heavy atom. The number of carbonyl (C=O) groups is 1. The molecule has 42 heavy (non-hydrogen) atoms. The summed E-state index contributed by atoms with van der Waals surface area (Å²) in [6, 6.07) is 27.7. The van der Waals surface area contributed by atoms with Gasteiger partial charge in [-0.2, -0.15) is 0 Å². The molecule has 2 fully saturated rings. The molecule has 1 unspecified atom stereocenters. The topological polar surface area (TPSA) is 42.1 Å². The molecule has 1 N–H and O–H groups in total. The van der Waals surface area contributed by atoms with Crippen molar-refractivity contribution >= 4 is 11.7 Å². The van der Waals surface area contributed by atoms with E-state index in [2.05, 4.69) is 96.1 Å². The van der Waals surface area contributed by atoms with Crippen LogP contribution in [0.25, 0.3) is 0 Å². The zero-order valence-electron chi connectivity index (χ0n) is 25.8. The fourth-order valence-electron chi connectivity index (χ4n) is 6.53. The molecule has 0 saturated carbocycles. The molecule has 3 aromatic carbocycles. The summed E-state index contributed by atoms with van der Waals surface area (Å²) in [5.74, 6) is 7.44. The predicted molar refractivity (Wildman–Crippen MR) is 173 cm³/mol. The van der Waals surface area contributed by atoms with Crippen LogP contribution < -0.4 is 5.32 Å². The quantitative estimate of drug-likeness (QED) is 0.419. The Balaban J connectivity index is 1.40. The van der Waals surface area contributed by atoms with Crippen molar-refractivity contribution < 1.29 is 4.79 Å². The first-order chi connectivity index (χ1) is 20.3. The van der Waals surface area contributed by atoms with E-state index in [0.29, 0.717) is 17.9 Å². The molecule has 4 atom stereocenters. The number of amides is 2. The lowest BCUT2D eigenvalue weighted by Crippen LogP contribution is -2.70. The summed E-state index contributed by atoms with van der Waals surface area (Å²) < 4.78 is 0. The molecule has 2 amide bonds. The molecule has 6 nitrogen and oxygen atoms in total. The number of likely N-dealkylation sites (N-methyl/N-ethyl adjacent to an activating group) is 1. The van der Waals surface area contributed by atoms with Crippen LogP contribution in [0.4, 0.5) is 10.5 Å². The van der Waals surface area contributed by atoms with Crippen molar-refractivity contribution in [1.29, 1.82) is 0 Å². The van der Waals surface area contributed by atoms with Crippen molar-refractivity contribution in [2.24, 2.45) is 5.92 Å². The first kappa shape index (κ1) is 29.8. The summed E-state index contributed by atoms with van der Waals surface area (Å²) in [6.07, 6.45) is 0.997. The Bertz CT molecular complexity index is 1370. The van der Waals surface area contributed by atoms with E-state index in [0.717, 1.165) is 56.0 Å². The Kier molecular flexibility index (Phi) is 9.64. The zero-order chi connectivity index (χ0) is 29.6. The molecule has 0 radical (unpaired) electrons. The molecule has 2 heterocycles. The van der Waals surface area contributed by atoms with Gasteiger partial charge in [-0.05, 0) is 89.4 Å². The lowest BCUT2D eigenvalue weighted by atomic mass is 9.73. The molecule has 0 aromatic heterocycles. The van der Waals surface area contributed by atoms with Crippen molar-refractivity contribution in [2.75, 3.05) is 66.2 Å². The number of rotatable bonds is 6. The number of anilines is 1. The van der Waals surface area contributed by atoms with Gasteiger partial charge in [-0.1, -0.05) is 59.9 Å². The first-order valence-electron chi connectivity index (χ1n) is 15.1. The fraction of sp³-hybridized carbons (Fsp3) is 0.417. The Hall–Kier alpha value is -3.63. The maximum absolute atomic E-state index is 13.6. The van der Waals surface area contributed by atoms with Gasteiger partial charge in [0.25, 0.3) is 0 Å². The zero-order valence-corrected chi connectivity index (χ0v) is 25.8. The second-order valence-corrected chi connectivity index (χ2v) is 12.5. The standard InChI is InChI=1S/C36H45N5O/c1-27-11-19-32(20-12-27)37-36(42)40-22-21-30(23-38(2)3)24-41-33(25-39(4)5)35(34(41)26-40)31-17-15-29(16-18-31)14-13-28-9-7-6-8-10-28/h6-12,15-20,30,33-35H,21-26H2,1-5H3,(H,37,42)/t30?,33-,34+,35+/m1/s1. The van der Waals surface area contributed by atoms with Crippen LogP contribution in [0.15, 0.2) is 78.9 Å². The maximum atomic E-state index is 13.6. The van der Waals surface area contributed by atoms with Crippen LogP contribution in [0, 0.1) is 24.7 Å². The summed E-state index contributed by atoms with van der Waals surface area (Å²) in [7, 11) is 8.62. The number of aryl methyl sites for hydroxylation is 1. The Morgan fingerprint density at radius 2 is 1.48 bits per heavy atom. The van der Waals surface area contributed by atoms with Gasteiger partial charge in [0.2, 0.25) is 0 Å². The second kappa shape index (κ2) is 13.6. The van der Waals surface area contributed by atoms with E-state index >= 15 is 0 Å². The Morgan fingerprint density at radius 3 is 2.12 bits per heavy atom. The van der Waals surface area contributed by atoms with Crippen molar-refractivity contribution in [3.8, 4) is 11.8 Å². The van der Waals surface area contributed by atoms with E-state index in [-0.39, 0.29) is 12.1 Å². The van der Waals surface area contributed by atoms with Crippen LogP contribution in [0.3, 0.4) is 0 Å². The third-order valence-corrected chi connectivity index (χ3v) is 8.55. The molecule has 0 aliphatic carbocycles. The van der Waals surface area contributed by atoms with Gasteiger partial charge in [-0.3, -0.25) is 4.90 Å². The third-order valence-electron chi connectivity index (χ3n) is 8.55. The first-order valence-corrected chi connectivity index (χ1v) is 15.1. The molecular formula is C36H45N5O. The molecule has 6 heteroatoms. The average Bonchev–Trinajstić information content (AvgIpc) is 2.96. The molecule has 2 aliphatic rings. The van der Waals surface area contributed by atoms with Crippen LogP contribution >= 0.6 is 0 Å². The largest absolute Gasteiger partial charge is 0.323 e. The van der Waals surface area contributed by atoms with E-state index < -0.39 is 0 Å². The van der Waals surface area contributed by atoms with E-state index in [4.69, 9.17) is 0 Å². The van der Waals surface area contributed by atoms with Gasteiger partial charge < -0.3 is 20.0 Å². The van der Waals surface area contributed by atoms with Gasteiger partial charge in [0.15, 0.2) is 0 Å². The molecule has 0 spiro atoms. The predicted octanol–water partition coefficient (Wildman–Crippen LogP) is 5.21. The van der Waals surface area contributed by atoms with Crippen LogP contribution in [-0.4, -0.2) is 98.6 Å². The normalized spacial score (nSPS) is 22.4. The lowest BCUT2D eigenvalue weighted by Gasteiger charge is -2.59. The highest BCUT2D eigenvalue weighted by molar-refractivity contribution is 5.89. The molecule has 2 aliphatic heterocycles. The van der Waals surface area contributed by atoms with Gasteiger partial charge in [0, 0.05) is 67.5 Å². The molecule has 220 valence electrons. The van der Waals surface area contributed by atoms with Crippen molar-refractivity contribution in [3.63, 3.8) is 0 Å². The monoisotopic (exact) mass is 563 g/mol. The number of urea groups is 1. The molecule has 2 saturated heterocycles. The van der Waals surface area contributed by atoms with Gasteiger partial charge >= 0.3 is 6.03 Å². The lowest BCUT2D eigenvalue weighted by molar-refractivity contribution is -0.0590. The summed E-state index contributed by atoms with van der Waals surface area (Å²) in [5, 5.41) is 3.17. The SMILES string of the molecule is Cc1ccc(NC(=O)N2CCC(CN(C)C)CN3[C@H](CN(C)C)[C@H](c4ccc(C#Cc5ccccc5)cc4)[C@@H]3C2)cc1. The highest BCUT2D eigenvalue weighted by Crippen LogP contribution is 2.43. The van der Waals surface area contributed by atoms with Crippen LogP contribution in [0.1, 0.15) is 34.6 Å². The smallest absolute Gasteiger partial charge is 0.321 e.